The first-order valence-electron chi connectivity index (χ1n) is 10.2. The SMILES string of the molecule is C=CC(=O)OCC(C)(COCC(CC)(COC(=O)C=C)COC(=O)C=C)COC(=O)CC. The van der Waals surface area contributed by atoms with Crippen LogP contribution in [0.4, 0.5) is 0 Å². The van der Waals surface area contributed by atoms with Crippen molar-refractivity contribution in [2.75, 3.05) is 39.6 Å². The van der Waals surface area contributed by atoms with E-state index in [4.69, 9.17) is 23.7 Å². The normalized spacial score (nSPS) is 12.6. The van der Waals surface area contributed by atoms with Gasteiger partial charge in [-0.25, -0.2) is 14.4 Å². The average Bonchev–Trinajstić information content (AvgIpc) is 2.81. The van der Waals surface area contributed by atoms with Crippen molar-refractivity contribution < 1.29 is 42.9 Å². The van der Waals surface area contributed by atoms with Gasteiger partial charge < -0.3 is 23.7 Å². The standard InChI is InChI=1S/C23H34O9/c1-7-18(24)29-13-22(6,14-30-19(25)8-2)12-28-15-23(11-5,16-31-20(26)9-3)17-32-21(27)10-4/h7,9-10H,1,3-4,8,11-17H2,2,5-6H3. The summed E-state index contributed by atoms with van der Waals surface area (Å²) in [7, 11) is 0. The van der Waals surface area contributed by atoms with Gasteiger partial charge in [0.25, 0.3) is 0 Å². The minimum Gasteiger partial charge on any atom is -0.465 e. The molecular formula is C23H34O9. The number of rotatable bonds is 17. The molecule has 9 heteroatoms. The number of carbonyl (C=O) groups excluding carboxylic acids is 4. The highest BCUT2D eigenvalue weighted by atomic mass is 16.6. The summed E-state index contributed by atoms with van der Waals surface area (Å²) in [5.74, 6) is -2.26. The fraction of sp³-hybridized carbons (Fsp3) is 0.565. The number of hydrogen-bond acceptors (Lipinski definition) is 9. The molecule has 9 nitrogen and oxygen atoms in total. The summed E-state index contributed by atoms with van der Waals surface area (Å²) in [6.45, 7) is 15.1. The van der Waals surface area contributed by atoms with Crippen molar-refractivity contribution >= 4 is 23.9 Å². The van der Waals surface area contributed by atoms with Crippen molar-refractivity contribution in [3.8, 4) is 0 Å². The summed E-state index contributed by atoms with van der Waals surface area (Å²) in [5, 5.41) is 0. The Morgan fingerprint density at radius 3 is 1.53 bits per heavy atom. The molecule has 0 heterocycles. The summed E-state index contributed by atoms with van der Waals surface area (Å²) in [6, 6.07) is 0. The second kappa shape index (κ2) is 15.0. The molecule has 0 aliphatic heterocycles. The van der Waals surface area contributed by atoms with Crippen molar-refractivity contribution in [3.63, 3.8) is 0 Å². The predicted molar refractivity (Wildman–Crippen MR) is 116 cm³/mol. The van der Waals surface area contributed by atoms with E-state index in [0.717, 1.165) is 18.2 Å². The smallest absolute Gasteiger partial charge is 0.330 e. The van der Waals surface area contributed by atoms with Gasteiger partial charge in [0, 0.05) is 24.6 Å². The summed E-state index contributed by atoms with van der Waals surface area (Å²) >= 11 is 0. The van der Waals surface area contributed by atoms with E-state index in [0.29, 0.717) is 6.42 Å². The molecule has 1 unspecified atom stereocenters. The minimum atomic E-state index is -0.849. The number of ether oxygens (including phenoxy) is 5. The van der Waals surface area contributed by atoms with E-state index in [2.05, 4.69) is 19.7 Å². The Kier molecular flexibility index (Phi) is 13.6. The van der Waals surface area contributed by atoms with Crippen LogP contribution < -0.4 is 0 Å². The lowest BCUT2D eigenvalue weighted by atomic mass is 9.87. The molecule has 0 aliphatic carbocycles. The summed E-state index contributed by atoms with van der Waals surface area (Å²) in [5.41, 5.74) is -1.69. The van der Waals surface area contributed by atoms with Crippen molar-refractivity contribution in [3.05, 3.63) is 38.0 Å². The third-order valence-corrected chi connectivity index (χ3v) is 4.58. The summed E-state index contributed by atoms with van der Waals surface area (Å²) in [4.78, 5) is 46.2. The van der Waals surface area contributed by atoms with Crippen LogP contribution in [0.15, 0.2) is 38.0 Å². The maximum absolute atomic E-state index is 11.6. The molecule has 1 atom stereocenters. The first-order chi connectivity index (χ1) is 15.1. The van der Waals surface area contributed by atoms with Gasteiger partial charge in [0.2, 0.25) is 0 Å². The Morgan fingerprint density at radius 2 is 1.12 bits per heavy atom. The van der Waals surface area contributed by atoms with E-state index in [1.54, 1.807) is 13.8 Å². The Balaban J connectivity index is 5.31. The van der Waals surface area contributed by atoms with Gasteiger partial charge in [0.1, 0.15) is 26.4 Å². The average molecular weight is 455 g/mol. The van der Waals surface area contributed by atoms with Crippen molar-refractivity contribution in [2.24, 2.45) is 10.8 Å². The molecule has 0 saturated heterocycles. The Hall–Kier alpha value is -2.94. The maximum Gasteiger partial charge on any atom is 0.330 e. The molecule has 0 aromatic heterocycles. The molecule has 0 rings (SSSR count). The van der Waals surface area contributed by atoms with Gasteiger partial charge in [0.15, 0.2) is 0 Å². The molecule has 32 heavy (non-hydrogen) atoms. The Morgan fingerprint density at radius 1 is 0.688 bits per heavy atom. The quantitative estimate of drug-likeness (QED) is 0.186. The lowest BCUT2D eigenvalue weighted by Crippen LogP contribution is -2.41. The highest BCUT2D eigenvalue weighted by Crippen LogP contribution is 2.27. The molecular weight excluding hydrogens is 420 g/mol. The van der Waals surface area contributed by atoms with Crippen LogP contribution in [-0.4, -0.2) is 63.5 Å². The molecule has 0 spiro atoms. The fourth-order valence-electron chi connectivity index (χ4n) is 2.30. The third-order valence-electron chi connectivity index (χ3n) is 4.58. The van der Waals surface area contributed by atoms with Crippen LogP contribution in [0.3, 0.4) is 0 Å². The summed E-state index contributed by atoms with van der Waals surface area (Å²) < 4.78 is 26.6. The molecule has 0 bridgehead atoms. The Labute approximate surface area is 189 Å². The molecule has 0 radical (unpaired) electrons. The molecule has 0 N–H and O–H groups in total. The van der Waals surface area contributed by atoms with E-state index in [-0.39, 0.29) is 46.1 Å². The van der Waals surface area contributed by atoms with Crippen LogP contribution in [0.25, 0.3) is 0 Å². The van der Waals surface area contributed by atoms with Crippen LogP contribution in [-0.2, 0) is 42.9 Å². The zero-order chi connectivity index (χ0) is 24.6. The fourth-order valence-corrected chi connectivity index (χ4v) is 2.30. The second-order valence-electron chi connectivity index (χ2n) is 7.61. The molecule has 0 fully saturated rings. The monoisotopic (exact) mass is 454 g/mol. The second-order valence-corrected chi connectivity index (χ2v) is 7.61. The van der Waals surface area contributed by atoms with Gasteiger partial charge in [-0.15, -0.1) is 0 Å². The van der Waals surface area contributed by atoms with E-state index < -0.39 is 34.7 Å². The zero-order valence-electron chi connectivity index (χ0n) is 19.2. The van der Waals surface area contributed by atoms with E-state index >= 15 is 0 Å². The van der Waals surface area contributed by atoms with Crippen LogP contribution in [0.1, 0.15) is 33.6 Å². The van der Waals surface area contributed by atoms with Crippen LogP contribution in [0, 0.1) is 10.8 Å². The van der Waals surface area contributed by atoms with Crippen molar-refractivity contribution in [1.82, 2.24) is 0 Å². The minimum absolute atomic E-state index is 0.0415. The first kappa shape index (κ1) is 29.1. The molecule has 0 amide bonds. The highest BCUT2D eigenvalue weighted by molar-refractivity contribution is 5.82. The van der Waals surface area contributed by atoms with Crippen LogP contribution in [0.5, 0.6) is 0 Å². The topological polar surface area (TPSA) is 114 Å². The first-order valence-corrected chi connectivity index (χ1v) is 10.2. The summed E-state index contributed by atoms with van der Waals surface area (Å²) in [6.07, 6.45) is 3.75. The predicted octanol–water partition coefficient (Wildman–Crippen LogP) is 2.55. The van der Waals surface area contributed by atoms with Crippen molar-refractivity contribution in [1.29, 1.82) is 0 Å². The third kappa shape index (κ3) is 11.5. The lowest BCUT2D eigenvalue weighted by Gasteiger charge is -2.34. The van der Waals surface area contributed by atoms with Gasteiger partial charge in [-0.3, -0.25) is 4.79 Å². The largest absolute Gasteiger partial charge is 0.465 e. The van der Waals surface area contributed by atoms with Gasteiger partial charge in [-0.2, -0.15) is 0 Å². The van der Waals surface area contributed by atoms with Crippen molar-refractivity contribution in [2.45, 2.75) is 33.6 Å². The van der Waals surface area contributed by atoms with E-state index in [1.807, 2.05) is 6.92 Å². The van der Waals surface area contributed by atoms with Crippen LogP contribution >= 0.6 is 0 Å². The number of esters is 4. The molecule has 0 aliphatic rings. The van der Waals surface area contributed by atoms with Crippen LogP contribution in [0.2, 0.25) is 0 Å². The van der Waals surface area contributed by atoms with Gasteiger partial charge >= 0.3 is 23.9 Å². The molecule has 180 valence electrons. The van der Waals surface area contributed by atoms with Gasteiger partial charge in [0.05, 0.1) is 24.0 Å². The molecule has 0 aromatic carbocycles. The molecule has 0 saturated carbocycles. The van der Waals surface area contributed by atoms with Gasteiger partial charge in [-0.1, -0.05) is 40.5 Å². The number of hydrogen-bond donors (Lipinski definition) is 0. The lowest BCUT2D eigenvalue weighted by molar-refractivity contribution is -0.157. The zero-order valence-corrected chi connectivity index (χ0v) is 19.2. The van der Waals surface area contributed by atoms with Gasteiger partial charge in [-0.05, 0) is 6.42 Å². The van der Waals surface area contributed by atoms with E-state index in [1.165, 1.54) is 0 Å². The molecule has 0 aromatic rings. The van der Waals surface area contributed by atoms with E-state index in [9.17, 15) is 19.2 Å². The Bertz CT molecular complexity index is 659. The highest BCUT2D eigenvalue weighted by Gasteiger charge is 2.35. The number of carbonyl (C=O) groups is 4. The maximum atomic E-state index is 11.6.